The van der Waals surface area contributed by atoms with Gasteiger partial charge in [0.15, 0.2) is 5.82 Å². The predicted molar refractivity (Wildman–Crippen MR) is 107 cm³/mol. The van der Waals surface area contributed by atoms with E-state index in [0.29, 0.717) is 47.4 Å². The first-order valence-corrected chi connectivity index (χ1v) is 8.95. The highest BCUT2D eigenvalue weighted by Gasteiger charge is 2.14. The largest absolute Gasteiger partial charge is 0.506 e. The molecule has 10 nitrogen and oxygen atoms in total. The quantitative estimate of drug-likeness (QED) is 0.169. The number of hydrogen-bond donors (Lipinski definition) is 6. The minimum absolute atomic E-state index is 0.0277. The number of methoxy groups -OCH3 is 2. The average molecular weight is 400 g/mol. The third-order valence-electron chi connectivity index (χ3n) is 4.21. The van der Waals surface area contributed by atoms with E-state index in [1.54, 1.807) is 38.5 Å². The molecule has 0 bridgehead atoms. The molecule has 154 valence electrons. The number of nitrogens with one attached hydrogen (secondary N) is 4. The normalized spacial score (nSPS) is 10.7. The fraction of sp³-hybridized carbons (Fsp3) is 0.263. The van der Waals surface area contributed by atoms with Crippen LogP contribution in [-0.4, -0.2) is 46.2 Å². The van der Waals surface area contributed by atoms with E-state index in [0.717, 1.165) is 5.56 Å². The van der Waals surface area contributed by atoms with Gasteiger partial charge in [-0.15, -0.1) is 0 Å². The first-order valence-electron chi connectivity index (χ1n) is 8.95. The van der Waals surface area contributed by atoms with Crippen molar-refractivity contribution >= 4 is 5.69 Å². The number of phenolic OH excluding ortho intramolecular Hbond substituents is 1. The first-order chi connectivity index (χ1) is 14.2. The van der Waals surface area contributed by atoms with Gasteiger partial charge in [0.1, 0.15) is 28.8 Å². The number of anilines is 1. The molecule has 2 aromatic carbocycles. The fourth-order valence-electron chi connectivity index (χ4n) is 2.74. The molecule has 0 unspecified atom stereocenters. The van der Waals surface area contributed by atoms with Gasteiger partial charge in [-0.3, -0.25) is 5.10 Å². The number of rotatable bonds is 10. The van der Waals surface area contributed by atoms with Crippen molar-refractivity contribution in [2.45, 2.75) is 13.0 Å². The maximum atomic E-state index is 10.2. The Morgan fingerprint density at radius 3 is 2.76 bits per heavy atom. The van der Waals surface area contributed by atoms with Crippen LogP contribution in [0.25, 0.3) is 11.4 Å². The van der Waals surface area contributed by atoms with Crippen molar-refractivity contribution in [1.29, 1.82) is 0 Å². The summed E-state index contributed by atoms with van der Waals surface area (Å²) in [5.74, 6) is 2.41. The highest BCUT2D eigenvalue weighted by molar-refractivity contribution is 5.78. The smallest absolute Gasteiger partial charge is 0.183 e. The molecule has 0 aliphatic heterocycles. The second kappa shape index (κ2) is 9.73. The zero-order chi connectivity index (χ0) is 20.6. The Hall–Kier alpha value is -3.34. The SMILES string of the molecule is COc1ccc(CNNNc2c(O)cccc2-c2n[nH]c(CCO)n2)c(OC)c1. The number of aliphatic hydroxyl groups excluding tert-OH is 1. The number of hydrazine groups is 2. The van der Waals surface area contributed by atoms with Gasteiger partial charge in [-0.1, -0.05) is 12.1 Å². The van der Waals surface area contributed by atoms with Gasteiger partial charge in [0.05, 0.1) is 20.8 Å². The van der Waals surface area contributed by atoms with Gasteiger partial charge < -0.3 is 25.1 Å². The van der Waals surface area contributed by atoms with Gasteiger partial charge in [-0.05, 0) is 18.2 Å². The van der Waals surface area contributed by atoms with E-state index in [1.165, 1.54) is 0 Å². The second-order valence-electron chi connectivity index (χ2n) is 6.06. The van der Waals surface area contributed by atoms with Crippen LogP contribution in [0.15, 0.2) is 36.4 Å². The number of benzene rings is 2. The van der Waals surface area contributed by atoms with E-state index in [4.69, 9.17) is 14.6 Å². The number of para-hydroxylation sites is 1. The van der Waals surface area contributed by atoms with E-state index < -0.39 is 0 Å². The van der Waals surface area contributed by atoms with Crippen molar-refractivity contribution < 1.29 is 19.7 Å². The lowest BCUT2D eigenvalue weighted by Crippen LogP contribution is -2.36. The molecule has 0 fully saturated rings. The summed E-state index contributed by atoms with van der Waals surface area (Å²) in [6.07, 6.45) is 0.373. The Labute approximate surface area is 167 Å². The highest BCUT2D eigenvalue weighted by atomic mass is 16.5. The molecule has 0 spiro atoms. The van der Waals surface area contributed by atoms with Crippen LogP contribution in [0, 0.1) is 0 Å². The molecular weight excluding hydrogens is 376 g/mol. The van der Waals surface area contributed by atoms with Crippen molar-refractivity contribution in [3.05, 3.63) is 47.8 Å². The Balaban J connectivity index is 1.67. The van der Waals surface area contributed by atoms with E-state index in [-0.39, 0.29) is 12.4 Å². The van der Waals surface area contributed by atoms with Crippen LogP contribution in [0.5, 0.6) is 17.2 Å². The number of aliphatic hydroxyl groups is 1. The molecule has 3 aromatic rings. The minimum atomic E-state index is -0.0277. The van der Waals surface area contributed by atoms with Crippen molar-refractivity contribution in [3.8, 4) is 28.6 Å². The average Bonchev–Trinajstić information content (AvgIpc) is 3.20. The summed E-state index contributed by atoms with van der Waals surface area (Å²) in [5, 5.41) is 26.2. The lowest BCUT2D eigenvalue weighted by Gasteiger charge is -2.15. The summed E-state index contributed by atoms with van der Waals surface area (Å²) in [7, 11) is 3.20. The number of ether oxygens (including phenoxy) is 2. The molecule has 1 aromatic heterocycles. The highest BCUT2D eigenvalue weighted by Crippen LogP contribution is 2.32. The molecule has 0 aliphatic carbocycles. The molecule has 0 atom stereocenters. The molecule has 6 N–H and O–H groups in total. The number of aromatic amines is 1. The first kappa shape index (κ1) is 20.4. The topological polar surface area (TPSA) is 137 Å². The summed E-state index contributed by atoms with van der Waals surface area (Å²) >= 11 is 0. The number of H-pyrrole nitrogens is 1. The van der Waals surface area contributed by atoms with Crippen molar-refractivity contribution in [2.75, 3.05) is 26.3 Å². The standard InChI is InChI=1S/C19H24N6O4/c1-28-13-7-6-12(16(10-13)29-2)11-20-25-23-18-14(4-3-5-15(18)27)19-21-17(8-9-26)22-24-19/h3-7,10,20,23,25-27H,8-9,11H2,1-2H3,(H,21,22,24). The third-order valence-corrected chi connectivity index (χ3v) is 4.21. The molecule has 10 heteroatoms. The number of aromatic hydroxyl groups is 1. The van der Waals surface area contributed by atoms with Crippen LogP contribution in [0.1, 0.15) is 11.4 Å². The number of hydrogen-bond acceptors (Lipinski definition) is 9. The molecule has 3 rings (SSSR count). The Bertz CT molecular complexity index is 946. The molecule has 0 aliphatic rings. The summed E-state index contributed by atoms with van der Waals surface area (Å²) < 4.78 is 10.6. The van der Waals surface area contributed by atoms with E-state index in [9.17, 15) is 5.11 Å². The van der Waals surface area contributed by atoms with Gasteiger partial charge >= 0.3 is 0 Å². The number of nitrogens with zero attached hydrogens (tertiary/aromatic N) is 2. The van der Waals surface area contributed by atoms with Gasteiger partial charge in [-0.2, -0.15) is 10.6 Å². The maximum Gasteiger partial charge on any atom is 0.183 e. The van der Waals surface area contributed by atoms with Gasteiger partial charge in [-0.25, -0.2) is 10.4 Å². The zero-order valence-corrected chi connectivity index (χ0v) is 16.2. The molecule has 0 saturated carbocycles. The Morgan fingerprint density at radius 2 is 2.00 bits per heavy atom. The van der Waals surface area contributed by atoms with Gasteiger partial charge in [0.2, 0.25) is 0 Å². The summed E-state index contributed by atoms with van der Waals surface area (Å²) in [6, 6.07) is 10.6. The van der Waals surface area contributed by atoms with Crippen molar-refractivity contribution in [1.82, 2.24) is 26.1 Å². The Morgan fingerprint density at radius 1 is 1.14 bits per heavy atom. The second-order valence-corrected chi connectivity index (χ2v) is 6.06. The van der Waals surface area contributed by atoms with Crippen molar-refractivity contribution in [2.24, 2.45) is 0 Å². The number of aromatic nitrogens is 3. The number of phenols is 1. The molecule has 29 heavy (non-hydrogen) atoms. The van der Waals surface area contributed by atoms with E-state index >= 15 is 0 Å². The molecule has 0 saturated heterocycles. The fourth-order valence-corrected chi connectivity index (χ4v) is 2.74. The zero-order valence-electron chi connectivity index (χ0n) is 16.2. The Kier molecular flexibility index (Phi) is 6.85. The van der Waals surface area contributed by atoms with Crippen LogP contribution < -0.4 is 25.9 Å². The van der Waals surface area contributed by atoms with Crippen LogP contribution in [0.2, 0.25) is 0 Å². The van der Waals surface area contributed by atoms with Gasteiger partial charge in [0, 0.05) is 30.2 Å². The van der Waals surface area contributed by atoms with Crippen LogP contribution in [0.4, 0.5) is 5.69 Å². The van der Waals surface area contributed by atoms with Crippen LogP contribution in [-0.2, 0) is 13.0 Å². The third kappa shape index (κ3) is 4.93. The molecule has 1 heterocycles. The van der Waals surface area contributed by atoms with Crippen LogP contribution >= 0.6 is 0 Å². The molecule has 0 radical (unpaired) electrons. The predicted octanol–water partition coefficient (Wildman–Crippen LogP) is 1.35. The lowest BCUT2D eigenvalue weighted by atomic mass is 10.1. The lowest BCUT2D eigenvalue weighted by molar-refractivity contribution is 0.297. The summed E-state index contributed by atoms with van der Waals surface area (Å²) in [6.45, 7) is 0.421. The van der Waals surface area contributed by atoms with E-state index in [2.05, 4.69) is 31.6 Å². The summed E-state index contributed by atoms with van der Waals surface area (Å²) in [4.78, 5) is 4.33. The van der Waals surface area contributed by atoms with Crippen molar-refractivity contribution in [3.63, 3.8) is 0 Å². The molecular formula is C19H24N6O4. The maximum absolute atomic E-state index is 10.2. The van der Waals surface area contributed by atoms with Crippen LogP contribution in [0.3, 0.4) is 0 Å². The molecule has 0 amide bonds. The monoisotopic (exact) mass is 400 g/mol. The van der Waals surface area contributed by atoms with E-state index in [1.807, 2.05) is 12.1 Å². The minimum Gasteiger partial charge on any atom is -0.506 e. The van der Waals surface area contributed by atoms with Gasteiger partial charge in [0.25, 0.3) is 0 Å². The summed E-state index contributed by atoms with van der Waals surface area (Å²) in [5.41, 5.74) is 10.7.